The second kappa shape index (κ2) is 4.23. The highest BCUT2D eigenvalue weighted by atomic mass is 79.9. The lowest BCUT2D eigenvalue weighted by Crippen LogP contribution is -2.13. The van der Waals surface area contributed by atoms with Gasteiger partial charge in [0.25, 0.3) is 0 Å². The predicted molar refractivity (Wildman–Crippen MR) is 64.7 cm³/mol. The number of nitrogens with two attached hydrogens (primary N) is 1. The third-order valence-corrected chi connectivity index (χ3v) is 3.07. The molecule has 1 aromatic carbocycles. The molecule has 4 heteroatoms. The molecule has 2 rings (SSSR count). The highest BCUT2D eigenvalue weighted by Gasteiger charge is 2.25. The predicted octanol–water partition coefficient (Wildman–Crippen LogP) is 2.86. The van der Waals surface area contributed by atoms with Gasteiger partial charge in [0.05, 0.1) is 12.8 Å². The van der Waals surface area contributed by atoms with Gasteiger partial charge in [-0.15, -0.1) is 0 Å². The summed E-state index contributed by atoms with van der Waals surface area (Å²) < 4.78 is 6.07. The number of hydrogen-bond acceptors (Lipinski definition) is 2. The van der Waals surface area contributed by atoms with Crippen molar-refractivity contribution < 1.29 is 4.74 Å². The molecule has 1 aliphatic carbocycles. The Bertz CT molecular complexity index is 400. The maximum Gasteiger partial charge on any atom is 0.121 e. The van der Waals surface area contributed by atoms with Crippen LogP contribution in [0.15, 0.2) is 27.7 Å². The Hall–Kier alpha value is -1.03. The Labute approximate surface area is 97.5 Å². The number of rotatable bonds is 3. The lowest BCUT2D eigenvalue weighted by Gasteiger charge is -2.04. The number of ether oxygens (including phenoxy) is 1. The minimum absolute atomic E-state index is 0.489. The van der Waals surface area contributed by atoms with Crippen LogP contribution in [-0.2, 0) is 0 Å². The third kappa shape index (κ3) is 2.50. The van der Waals surface area contributed by atoms with Crippen LogP contribution >= 0.6 is 15.9 Å². The summed E-state index contributed by atoms with van der Waals surface area (Å²) in [6.45, 7) is 0. The van der Waals surface area contributed by atoms with E-state index in [2.05, 4.69) is 20.9 Å². The van der Waals surface area contributed by atoms with Crippen LogP contribution in [0.2, 0.25) is 0 Å². The van der Waals surface area contributed by atoms with Crippen molar-refractivity contribution in [2.45, 2.75) is 12.8 Å². The summed E-state index contributed by atoms with van der Waals surface area (Å²) in [7, 11) is 1.64. The number of methoxy groups -OCH3 is 1. The van der Waals surface area contributed by atoms with E-state index in [-0.39, 0.29) is 0 Å². The van der Waals surface area contributed by atoms with E-state index in [9.17, 15) is 0 Å². The van der Waals surface area contributed by atoms with Crippen molar-refractivity contribution in [2.75, 3.05) is 7.11 Å². The van der Waals surface area contributed by atoms with Gasteiger partial charge in [-0.05, 0) is 40.9 Å². The van der Waals surface area contributed by atoms with Crippen LogP contribution in [0.5, 0.6) is 5.75 Å². The molecule has 1 saturated carbocycles. The van der Waals surface area contributed by atoms with Gasteiger partial charge >= 0.3 is 0 Å². The number of benzene rings is 1. The van der Waals surface area contributed by atoms with E-state index >= 15 is 0 Å². The van der Waals surface area contributed by atoms with E-state index < -0.39 is 0 Å². The highest BCUT2D eigenvalue weighted by Crippen LogP contribution is 2.33. The quantitative estimate of drug-likeness (QED) is 0.677. The summed E-state index contributed by atoms with van der Waals surface area (Å²) in [5.41, 5.74) is 6.69. The van der Waals surface area contributed by atoms with Gasteiger partial charge in [-0.1, -0.05) is 0 Å². The molecule has 0 aromatic heterocycles. The van der Waals surface area contributed by atoms with Gasteiger partial charge in [-0.2, -0.15) is 0 Å². The van der Waals surface area contributed by atoms with Crippen molar-refractivity contribution in [2.24, 2.45) is 16.6 Å². The topological polar surface area (TPSA) is 47.6 Å². The van der Waals surface area contributed by atoms with Crippen LogP contribution in [0.4, 0.5) is 5.69 Å². The summed E-state index contributed by atoms with van der Waals surface area (Å²) in [5, 5.41) is 0. The number of hydrogen-bond donors (Lipinski definition) is 1. The molecule has 0 amide bonds. The molecule has 80 valence electrons. The summed E-state index contributed by atoms with van der Waals surface area (Å²) in [5.74, 6) is 2.01. The first kappa shape index (κ1) is 10.5. The van der Waals surface area contributed by atoms with Crippen LogP contribution in [-0.4, -0.2) is 12.9 Å². The Morgan fingerprint density at radius 1 is 1.53 bits per heavy atom. The maximum absolute atomic E-state index is 5.86. The summed E-state index contributed by atoms with van der Waals surface area (Å²) in [6.07, 6.45) is 2.33. The van der Waals surface area contributed by atoms with Crippen molar-refractivity contribution in [3.63, 3.8) is 0 Å². The summed E-state index contributed by atoms with van der Waals surface area (Å²) in [6, 6.07) is 5.67. The van der Waals surface area contributed by atoms with E-state index in [1.165, 1.54) is 0 Å². The molecule has 0 aliphatic heterocycles. The molecule has 2 N–H and O–H groups in total. The Kier molecular flexibility index (Phi) is 2.95. The van der Waals surface area contributed by atoms with Crippen molar-refractivity contribution in [3.8, 4) is 5.75 Å². The molecule has 0 radical (unpaired) electrons. The van der Waals surface area contributed by atoms with Crippen LogP contribution in [0, 0.1) is 5.92 Å². The molecule has 0 heterocycles. The lowest BCUT2D eigenvalue weighted by molar-refractivity contribution is 0.415. The van der Waals surface area contributed by atoms with Crippen LogP contribution < -0.4 is 10.5 Å². The molecule has 3 nitrogen and oxygen atoms in total. The molecule has 15 heavy (non-hydrogen) atoms. The molecule has 0 saturated heterocycles. The molecule has 1 aromatic rings. The van der Waals surface area contributed by atoms with E-state index in [0.717, 1.165) is 34.6 Å². The fraction of sp³-hybridized carbons (Fsp3) is 0.364. The third-order valence-electron chi connectivity index (χ3n) is 2.40. The van der Waals surface area contributed by atoms with Crippen LogP contribution in [0.25, 0.3) is 0 Å². The second-order valence-electron chi connectivity index (χ2n) is 3.63. The van der Waals surface area contributed by atoms with Crippen molar-refractivity contribution in [1.29, 1.82) is 0 Å². The molecule has 0 unspecified atom stereocenters. The van der Waals surface area contributed by atoms with Crippen LogP contribution in [0.1, 0.15) is 12.8 Å². The molecule has 0 bridgehead atoms. The SMILES string of the molecule is COc1ccc(Br)c(N=C(N)C2CC2)c1. The van der Waals surface area contributed by atoms with E-state index in [0.29, 0.717) is 5.92 Å². The molecular weight excluding hydrogens is 256 g/mol. The van der Waals surface area contributed by atoms with Crippen molar-refractivity contribution >= 4 is 27.5 Å². The fourth-order valence-corrected chi connectivity index (χ4v) is 1.65. The van der Waals surface area contributed by atoms with E-state index in [4.69, 9.17) is 10.5 Å². The first-order valence-electron chi connectivity index (χ1n) is 4.88. The molecule has 1 aliphatic rings. The first-order valence-corrected chi connectivity index (χ1v) is 5.67. The smallest absolute Gasteiger partial charge is 0.121 e. The normalized spacial score (nSPS) is 16.5. The second-order valence-corrected chi connectivity index (χ2v) is 4.48. The summed E-state index contributed by atoms with van der Waals surface area (Å²) >= 11 is 3.44. The Morgan fingerprint density at radius 2 is 2.27 bits per heavy atom. The number of nitrogens with zero attached hydrogens (tertiary/aromatic N) is 1. The fourth-order valence-electron chi connectivity index (χ4n) is 1.31. The standard InChI is InChI=1S/C11H13BrN2O/c1-15-8-4-5-9(12)10(6-8)14-11(13)7-2-3-7/h4-7H,2-3H2,1H3,(H2,13,14). The van der Waals surface area contributed by atoms with Gasteiger partial charge in [-0.25, -0.2) is 4.99 Å². The zero-order valence-corrected chi connectivity index (χ0v) is 10.1. The zero-order valence-electron chi connectivity index (χ0n) is 8.53. The molecule has 0 spiro atoms. The van der Waals surface area contributed by atoms with Gasteiger partial charge in [0, 0.05) is 16.5 Å². The minimum Gasteiger partial charge on any atom is -0.497 e. The van der Waals surface area contributed by atoms with Crippen LogP contribution in [0.3, 0.4) is 0 Å². The zero-order chi connectivity index (χ0) is 10.8. The number of amidine groups is 1. The molecule has 1 fully saturated rings. The molecule has 0 atom stereocenters. The monoisotopic (exact) mass is 268 g/mol. The Balaban J connectivity index is 2.29. The maximum atomic E-state index is 5.86. The number of halogens is 1. The first-order chi connectivity index (χ1) is 7.20. The van der Waals surface area contributed by atoms with E-state index in [1.54, 1.807) is 7.11 Å². The van der Waals surface area contributed by atoms with Crippen molar-refractivity contribution in [1.82, 2.24) is 0 Å². The Morgan fingerprint density at radius 3 is 2.87 bits per heavy atom. The lowest BCUT2D eigenvalue weighted by atomic mass is 10.3. The van der Waals surface area contributed by atoms with Gasteiger partial charge in [0.1, 0.15) is 11.6 Å². The minimum atomic E-state index is 0.489. The van der Waals surface area contributed by atoms with E-state index in [1.807, 2.05) is 18.2 Å². The summed E-state index contributed by atoms with van der Waals surface area (Å²) in [4.78, 5) is 4.40. The average molecular weight is 269 g/mol. The molecular formula is C11H13BrN2O. The van der Waals surface area contributed by atoms with Gasteiger partial charge in [0.2, 0.25) is 0 Å². The van der Waals surface area contributed by atoms with Gasteiger partial charge in [0.15, 0.2) is 0 Å². The largest absolute Gasteiger partial charge is 0.497 e. The highest BCUT2D eigenvalue weighted by molar-refractivity contribution is 9.10. The van der Waals surface area contributed by atoms with Gasteiger partial charge < -0.3 is 10.5 Å². The average Bonchev–Trinajstić information content (AvgIpc) is 3.04. The number of aliphatic imine (C=N–C) groups is 1. The van der Waals surface area contributed by atoms with Crippen molar-refractivity contribution in [3.05, 3.63) is 22.7 Å². The van der Waals surface area contributed by atoms with Gasteiger partial charge in [-0.3, -0.25) is 0 Å².